The summed E-state index contributed by atoms with van der Waals surface area (Å²) < 4.78 is 16.6. The number of fused-ring (bicyclic) bond motifs is 2. The van der Waals surface area contributed by atoms with Crippen LogP contribution >= 0.6 is 11.6 Å². The minimum atomic E-state index is -0.720. The van der Waals surface area contributed by atoms with Gasteiger partial charge in [0.2, 0.25) is 5.76 Å². The summed E-state index contributed by atoms with van der Waals surface area (Å²) in [4.78, 5) is 39.4. The number of primary amides is 1. The van der Waals surface area contributed by atoms with Crippen molar-refractivity contribution in [1.82, 2.24) is 4.90 Å². The summed E-state index contributed by atoms with van der Waals surface area (Å²) in [6, 6.07) is 14.2. The van der Waals surface area contributed by atoms with Crippen LogP contribution in [0.1, 0.15) is 33.5 Å². The number of carbonyl (C=O) groups excluding carboxylic acids is 2. The molecule has 2 aromatic carbocycles. The van der Waals surface area contributed by atoms with Crippen molar-refractivity contribution in [2.75, 3.05) is 6.61 Å². The Morgan fingerprint density at radius 2 is 1.91 bits per heavy atom. The zero-order chi connectivity index (χ0) is 23.1. The van der Waals surface area contributed by atoms with Crippen LogP contribution in [0.3, 0.4) is 0 Å². The smallest absolute Gasteiger partial charge is 0.291 e. The molecule has 3 heterocycles. The first kappa shape index (κ1) is 20.8. The third-order valence-corrected chi connectivity index (χ3v) is 5.65. The maximum Gasteiger partial charge on any atom is 0.291 e. The Balaban J connectivity index is 1.64. The van der Waals surface area contributed by atoms with E-state index in [1.165, 1.54) is 17.2 Å². The van der Waals surface area contributed by atoms with Crippen LogP contribution in [0.4, 0.5) is 0 Å². The Hall–Kier alpha value is -4.04. The number of ether oxygens (including phenoxy) is 1. The molecular weight excluding hydrogens is 448 g/mol. The molecular formula is C24H17ClN2O6. The highest BCUT2D eigenvalue weighted by atomic mass is 35.5. The van der Waals surface area contributed by atoms with E-state index in [0.717, 1.165) is 0 Å². The van der Waals surface area contributed by atoms with E-state index < -0.39 is 17.9 Å². The molecule has 0 unspecified atom stereocenters. The zero-order valence-corrected chi connectivity index (χ0v) is 17.9. The molecule has 166 valence electrons. The number of benzene rings is 2. The van der Waals surface area contributed by atoms with Gasteiger partial charge in [0.1, 0.15) is 17.1 Å². The number of rotatable bonds is 6. The molecule has 0 spiro atoms. The van der Waals surface area contributed by atoms with Crippen LogP contribution in [-0.2, 0) is 11.3 Å². The number of nitrogens with zero attached hydrogens (tertiary/aromatic N) is 1. The van der Waals surface area contributed by atoms with E-state index in [0.29, 0.717) is 27.5 Å². The van der Waals surface area contributed by atoms with Crippen LogP contribution in [-0.4, -0.2) is 23.3 Å². The van der Waals surface area contributed by atoms with Crippen molar-refractivity contribution in [2.45, 2.75) is 12.6 Å². The molecule has 33 heavy (non-hydrogen) atoms. The number of amides is 2. The van der Waals surface area contributed by atoms with Gasteiger partial charge in [-0.15, -0.1) is 0 Å². The van der Waals surface area contributed by atoms with Gasteiger partial charge < -0.3 is 24.2 Å². The van der Waals surface area contributed by atoms with Crippen molar-refractivity contribution in [2.24, 2.45) is 5.73 Å². The van der Waals surface area contributed by atoms with Crippen LogP contribution in [0.25, 0.3) is 11.0 Å². The Labute approximate surface area is 192 Å². The molecule has 9 heteroatoms. The topological polar surface area (TPSA) is 116 Å². The van der Waals surface area contributed by atoms with Crippen molar-refractivity contribution in [3.05, 3.63) is 98.8 Å². The molecule has 1 aliphatic heterocycles. The predicted molar refractivity (Wildman–Crippen MR) is 119 cm³/mol. The fraction of sp³-hybridized carbons (Fsp3) is 0.125. The van der Waals surface area contributed by atoms with Crippen LogP contribution in [0, 0.1) is 0 Å². The minimum absolute atomic E-state index is 0.0135. The molecule has 2 amide bonds. The molecule has 0 bridgehead atoms. The summed E-state index contributed by atoms with van der Waals surface area (Å²) in [5.41, 5.74) is 5.96. The van der Waals surface area contributed by atoms with Crippen molar-refractivity contribution < 1.29 is 23.2 Å². The summed E-state index contributed by atoms with van der Waals surface area (Å²) in [7, 11) is 0. The molecule has 0 saturated carbocycles. The van der Waals surface area contributed by atoms with Crippen LogP contribution in [0.5, 0.6) is 5.75 Å². The minimum Gasteiger partial charge on any atom is -0.484 e. The molecule has 8 nitrogen and oxygen atoms in total. The van der Waals surface area contributed by atoms with E-state index in [4.69, 9.17) is 30.9 Å². The number of furan rings is 1. The van der Waals surface area contributed by atoms with Crippen LogP contribution < -0.4 is 15.9 Å². The molecule has 0 aliphatic carbocycles. The lowest BCUT2D eigenvalue weighted by Gasteiger charge is -2.24. The maximum absolute atomic E-state index is 13.5. The third kappa shape index (κ3) is 3.74. The van der Waals surface area contributed by atoms with E-state index in [1.807, 2.05) is 0 Å². The highest BCUT2D eigenvalue weighted by Gasteiger charge is 2.43. The normalized spacial score (nSPS) is 15.1. The summed E-state index contributed by atoms with van der Waals surface area (Å²) in [5.74, 6) is -0.0448. The predicted octanol–water partition coefficient (Wildman–Crippen LogP) is 3.65. The average Bonchev–Trinajstić information content (AvgIpc) is 3.41. The number of halogens is 1. The second-order valence-electron chi connectivity index (χ2n) is 7.55. The van der Waals surface area contributed by atoms with Gasteiger partial charge in [0.25, 0.3) is 11.8 Å². The second kappa shape index (κ2) is 8.14. The van der Waals surface area contributed by atoms with E-state index in [2.05, 4.69) is 0 Å². The fourth-order valence-corrected chi connectivity index (χ4v) is 4.15. The number of nitrogens with two attached hydrogens (primary N) is 1. The Kier molecular flexibility index (Phi) is 5.14. The van der Waals surface area contributed by atoms with E-state index in [-0.39, 0.29) is 35.5 Å². The zero-order valence-electron chi connectivity index (χ0n) is 17.1. The molecule has 0 radical (unpaired) electrons. The van der Waals surface area contributed by atoms with E-state index in [9.17, 15) is 14.4 Å². The molecule has 2 aromatic heterocycles. The maximum atomic E-state index is 13.5. The van der Waals surface area contributed by atoms with Gasteiger partial charge in [0.15, 0.2) is 12.0 Å². The van der Waals surface area contributed by atoms with Gasteiger partial charge in [-0.25, -0.2) is 0 Å². The highest BCUT2D eigenvalue weighted by Crippen LogP contribution is 2.39. The lowest BCUT2D eigenvalue weighted by atomic mass is 9.98. The fourth-order valence-electron chi connectivity index (χ4n) is 3.97. The number of hydrogen-bond acceptors (Lipinski definition) is 6. The third-order valence-electron chi connectivity index (χ3n) is 5.41. The van der Waals surface area contributed by atoms with Gasteiger partial charge >= 0.3 is 0 Å². The number of carbonyl (C=O) groups is 2. The van der Waals surface area contributed by atoms with Crippen molar-refractivity contribution in [3.63, 3.8) is 0 Å². The van der Waals surface area contributed by atoms with Gasteiger partial charge in [-0.1, -0.05) is 23.7 Å². The molecule has 0 fully saturated rings. The molecule has 2 N–H and O–H groups in total. The lowest BCUT2D eigenvalue weighted by molar-refractivity contribution is -0.119. The van der Waals surface area contributed by atoms with Gasteiger partial charge in [0.05, 0.1) is 29.8 Å². The van der Waals surface area contributed by atoms with Gasteiger partial charge in [0, 0.05) is 5.02 Å². The first-order valence-electron chi connectivity index (χ1n) is 10.0. The standard InChI is InChI=1S/C24H17ClN2O6/c25-14-5-8-18-17(10-14)22(29)20-21(13-3-6-15(7-4-13)32-12-19(26)28)27(24(30)23(20)33-18)11-16-2-1-9-31-16/h1-10,21H,11-12H2,(H2,26,28)/t21-/m0/s1. The van der Waals surface area contributed by atoms with Gasteiger partial charge in [-0.3, -0.25) is 14.4 Å². The Morgan fingerprint density at radius 3 is 2.61 bits per heavy atom. The second-order valence-corrected chi connectivity index (χ2v) is 7.99. The molecule has 5 rings (SSSR count). The summed E-state index contributed by atoms with van der Waals surface area (Å²) in [5, 5.41) is 0.680. The van der Waals surface area contributed by atoms with Gasteiger partial charge in [-0.2, -0.15) is 0 Å². The molecule has 1 aliphatic rings. The first-order valence-corrected chi connectivity index (χ1v) is 10.4. The van der Waals surface area contributed by atoms with Crippen molar-refractivity contribution in [1.29, 1.82) is 0 Å². The van der Waals surface area contributed by atoms with Crippen molar-refractivity contribution in [3.8, 4) is 5.75 Å². The monoisotopic (exact) mass is 464 g/mol. The van der Waals surface area contributed by atoms with Gasteiger partial charge in [-0.05, 0) is 48.0 Å². The van der Waals surface area contributed by atoms with Crippen molar-refractivity contribution >= 4 is 34.4 Å². The first-order chi connectivity index (χ1) is 15.9. The largest absolute Gasteiger partial charge is 0.484 e. The van der Waals surface area contributed by atoms with Crippen LogP contribution in [0.2, 0.25) is 5.02 Å². The molecule has 4 aromatic rings. The average molecular weight is 465 g/mol. The lowest BCUT2D eigenvalue weighted by Crippen LogP contribution is -2.29. The quantitative estimate of drug-likeness (QED) is 0.465. The molecule has 0 saturated heterocycles. The SMILES string of the molecule is NC(=O)COc1ccc([C@H]2c3c(oc4ccc(Cl)cc4c3=O)C(=O)N2Cc2ccco2)cc1. The summed E-state index contributed by atoms with van der Waals surface area (Å²) >= 11 is 6.10. The molecule has 1 atom stereocenters. The Bertz CT molecular complexity index is 1430. The van der Waals surface area contributed by atoms with E-state index >= 15 is 0 Å². The van der Waals surface area contributed by atoms with E-state index in [1.54, 1.807) is 48.5 Å². The highest BCUT2D eigenvalue weighted by molar-refractivity contribution is 6.31. The van der Waals surface area contributed by atoms with Crippen LogP contribution in [0.15, 0.2) is 74.5 Å². The summed E-state index contributed by atoms with van der Waals surface area (Å²) in [6.45, 7) is -0.123. The summed E-state index contributed by atoms with van der Waals surface area (Å²) in [6.07, 6.45) is 1.52. The number of hydrogen-bond donors (Lipinski definition) is 1. The Morgan fingerprint density at radius 1 is 1.12 bits per heavy atom.